The summed E-state index contributed by atoms with van der Waals surface area (Å²) in [6.07, 6.45) is 0. The van der Waals surface area contributed by atoms with E-state index < -0.39 is 21.8 Å². The number of carbonyl (C=O) groups is 2. The Morgan fingerprint density at radius 2 is 1.53 bits per heavy atom. The average Bonchev–Trinajstić information content (AvgIpc) is 2.82. The van der Waals surface area contributed by atoms with Gasteiger partial charge in [-0.3, -0.25) is 25.2 Å². The molecule has 0 aliphatic rings. The molecule has 32 heavy (non-hydrogen) atoms. The van der Waals surface area contributed by atoms with Crippen molar-refractivity contribution in [1.29, 1.82) is 5.26 Å². The van der Waals surface area contributed by atoms with Gasteiger partial charge in [0.15, 0.2) is 0 Å². The normalized spacial score (nSPS) is 10.5. The van der Waals surface area contributed by atoms with Crippen LogP contribution in [-0.2, 0) is 10.0 Å². The lowest BCUT2D eigenvalue weighted by molar-refractivity contribution is 0.0846. The lowest BCUT2D eigenvalue weighted by atomic mass is 10.1. The molecule has 3 aromatic carbocycles. The third-order valence-electron chi connectivity index (χ3n) is 4.32. The minimum Gasteiger partial charge on any atom is -0.495 e. The number of amides is 2. The minimum atomic E-state index is -4.01. The minimum absolute atomic E-state index is 0.0213. The van der Waals surface area contributed by atoms with Crippen LogP contribution in [0.1, 0.15) is 26.3 Å². The van der Waals surface area contributed by atoms with E-state index in [0.29, 0.717) is 11.3 Å². The molecular formula is C22H18N4O5S. The van der Waals surface area contributed by atoms with Crippen LogP contribution in [-0.4, -0.2) is 27.3 Å². The first kappa shape index (κ1) is 22.3. The predicted octanol–water partition coefficient (Wildman–Crippen LogP) is 2.44. The van der Waals surface area contributed by atoms with Crippen molar-refractivity contribution >= 4 is 27.5 Å². The third kappa shape index (κ3) is 5.21. The summed E-state index contributed by atoms with van der Waals surface area (Å²) < 4.78 is 33.1. The second kappa shape index (κ2) is 9.63. The molecule has 0 radical (unpaired) electrons. The van der Waals surface area contributed by atoms with Crippen molar-refractivity contribution in [3.05, 3.63) is 89.5 Å². The number of nitrogens with one attached hydrogen (secondary N) is 3. The molecule has 3 N–H and O–H groups in total. The Hall–Kier alpha value is -4.36. The maximum atomic E-state index is 12.8. The van der Waals surface area contributed by atoms with Gasteiger partial charge in [-0.25, -0.2) is 8.42 Å². The van der Waals surface area contributed by atoms with Crippen molar-refractivity contribution in [2.24, 2.45) is 0 Å². The van der Waals surface area contributed by atoms with Crippen LogP contribution in [0, 0.1) is 11.3 Å². The smallest absolute Gasteiger partial charge is 0.269 e. The molecule has 0 aliphatic heterocycles. The van der Waals surface area contributed by atoms with Crippen molar-refractivity contribution in [1.82, 2.24) is 10.9 Å². The number of ether oxygens (including phenoxy) is 1. The van der Waals surface area contributed by atoms with Gasteiger partial charge in [0.25, 0.3) is 21.8 Å². The van der Waals surface area contributed by atoms with Gasteiger partial charge in [0.1, 0.15) is 5.75 Å². The van der Waals surface area contributed by atoms with Gasteiger partial charge in [-0.05, 0) is 54.6 Å². The highest BCUT2D eigenvalue weighted by atomic mass is 32.2. The first-order valence-electron chi connectivity index (χ1n) is 9.21. The van der Waals surface area contributed by atoms with Crippen LogP contribution in [0.2, 0.25) is 0 Å². The molecule has 0 atom stereocenters. The van der Waals surface area contributed by atoms with Gasteiger partial charge in [-0.2, -0.15) is 5.26 Å². The Labute approximate surface area is 184 Å². The van der Waals surface area contributed by atoms with E-state index in [0.717, 1.165) is 0 Å². The second-order valence-corrected chi connectivity index (χ2v) is 8.11. The molecular weight excluding hydrogens is 432 g/mol. The van der Waals surface area contributed by atoms with Gasteiger partial charge in [-0.15, -0.1) is 0 Å². The molecule has 0 spiro atoms. The third-order valence-corrected chi connectivity index (χ3v) is 5.69. The van der Waals surface area contributed by atoms with Gasteiger partial charge >= 0.3 is 0 Å². The number of sulfonamides is 1. The number of nitriles is 1. The highest BCUT2D eigenvalue weighted by molar-refractivity contribution is 7.92. The zero-order valence-corrected chi connectivity index (χ0v) is 17.6. The van der Waals surface area contributed by atoms with Gasteiger partial charge in [0, 0.05) is 11.1 Å². The number of hydrogen-bond acceptors (Lipinski definition) is 6. The summed E-state index contributed by atoms with van der Waals surface area (Å²) in [5.74, 6) is -0.957. The lowest BCUT2D eigenvalue weighted by Crippen LogP contribution is -2.41. The van der Waals surface area contributed by atoms with Crippen LogP contribution in [0.25, 0.3) is 0 Å². The topological polar surface area (TPSA) is 137 Å². The molecule has 3 aromatic rings. The van der Waals surface area contributed by atoms with Crippen LogP contribution in [0.15, 0.2) is 77.7 Å². The SMILES string of the molecule is COc1ccccc1NS(=O)(=O)c1cccc(C(=O)NNC(=O)c2ccc(C#N)cc2)c1. The van der Waals surface area contributed by atoms with Crippen LogP contribution >= 0.6 is 0 Å². The van der Waals surface area contributed by atoms with Crippen molar-refractivity contribution in [3.63, 3.8) is 0 Å². The van der Waals surface area contributed by atoms with E-state index in [1.165, 1.54) is 55.6 Å². The number of para-hydroxylation sites is 2. The fourth-order valence-corrected chi connectivity index (χ4v) is 3.81. The van der Waals surface area contributed by atoms with Crippen molar-refractivity contribution in [3.8, 4) is 11.8 Å². The Bertz CT molecular complexity index is 1300. The Kier molecular flexibility index (Phi) is 6.72. The van der Waals surface area contributed by atoms with E-state index in [1.807, 2.05) is 6.07 Å². The molecule has 3 rings (SSSR count). The summed E-state index contributed by atoms with van der Waals surface area (Å²) in [5, 5.41) is 8.80. The van der Waals surface area contributed by atoms with E-state index >= 15 is 0 Å². The van der Waals surface area contributed by atoms with Gasteiger partial charge in [0.05, 0.1) is 29.3 Å². The number of anilines is 1. The fourth-order valence-electron chi connectivity index (χ4n) is 2.69. The summed E-state index contributed by atoms with van der Waals surface area (Å²) in [7, 11) is -2.59. The van der Waals surface area contributed by atoms with Crippen LogP contribution in [0.4, 0.5) is 5.69 Å². The number of rotatable bonds is 6. The van der Waals surface area contributed by atoms with E-state index in [2.05, 4.69) is 15.6 Å². The second-order valence-electron chi connectivity index (χ2n) is 6.43. The number of hydrogen-bond donors (Lipinski definition) is 3. The number of nitrogens with zero attached hydrogens (tertiary/aromatic N) is 1. The number of methoxy groups -OCH3 is 1. The molecule has 2 amide bonds. The first-order valence-corrected chi connectivity index (χ1v) is 10.7. The number of benzene rings is 3. The van der Waals surface area contributed by atoms with Gasteiger partial charge in [0.2, 0.25) is 0 Å². The van der Waals surface area contributed by atoms with Crippen LogP contribution in [0.3, 0.4) is 0 Å². The molecule has 0 heterocycles. The molecule has 9 nitrogen and oxygen atoms in total. The standard InChI is InChI=1S/C22H18N4O5S/c1-31-20-8-3-2-7-19(20)26-32(29,30)18-6-4-5-17(13-18)22(28)25-24-21(27)16-11-9-15(14-23)10-12-16/h2-13,26H,1H3,(H,24,27)(H,25,28). The van der Waals surface area contributed by atoms with E-state index in [9.17, 15) is 18.0 Å². The van der Waals surface area contributed by atoms with Crippen LogP contribution < -0.4 is 20.3 Å². The molecule has 0 saturated heterocycles. The zero-order chi connectivity index (χ0) is 23.1. The molecule has 0 saturated carbocycles. The highest BCUT2D eigenvalue weighted by Gasteiger charge is 2.18. The number of hydrazine groups is 1. The molecule has 0 unspecified atom stereocenters. The monoisotopic (exact) mass is 450 g/mol. The predicted molar refractivity (Wildman–Crippen MR) is 116 cm³/mol. The van der Waals surface area contributed by atoms with E-state index in [-0.39, 0.29) is 21.7 Å². The van der Waals surface area contributed by atoms with Crippen molar-refractivity contribution in [2.75, 3.05) is 11.8 Å². The Morgan fingerprint density at radius 3 is 2.19 bits per heavy atom. The molecule has 0 bridgehead atoms. The summed E-state index contributed by atoms with van der Waals surface area (Å²) in [4.78, 5) is 24.4. The summed E-state index contributed by atoms with van der Waals surface area (Å²) in [6, 6.07) is 19.6. The maximum absolute atomic E-state index is 12.8. The molecule has 162 valence electrons. The van der Waals surface area contributed by atoms with E-state index in [4.69, 9.17) is 10.00 Å². The molecule has 0 fully saturated rings. The maximum Gasteiger partial charge on any atom is 0.269 e. The van der Waals surface area contributed by atoms with E-state index in [1.54, 1.807) is 24.3 Å². The Balaban J connectivity index is 1.71. The lowest BCUT2D eigenvalue weighted by Gasteiger charge is -2.12. The summed E-state index contributed by atoms with van der Waals surface area (Å²) in [6.45, 7) is 0. The van der Waals surface area contributed by atoms with Gasteiger partial charge < -0.3 is 4.74 Å². The summed E-state index contributed by atoms with van der Waals surface area (Å²) >= 11 is 0. The van der Waals surface area contributed by atoms with Crippen LogP contribution in [0.5, 0.6) is 5.75 Å². The molecule has 0 aromatic heterocycles. The highest BCUT2D eigenvalue weighted by Crippen LogP contribution is 2.26. The van der Waals surface area contributed by atoms with Crippen molar-refractivity contribution in [2.45, 2.75) is 4.90 Å². The zero-order valence-electron chi connectivity index (χ0n) is 16.8. The first-order chi connectivity index (χ1) is 15.3. The van der Waals surface area contributed by atoms with Gasteiger partial charge in [-0.1, -0.05) is 18.2 Å². The number of carbonyl (C=O) groups excluding carboxylic acids is 2. The quantitative estimate of drug-likeness (QED) is 0.493. The largest absolute Gasteiger partial charge is 0.495 e. The summed E-state index contributed by atoms with van der Waals surface area (Å²) in [5.41, 5.74) is 5.38. The molecule has 0 aliphatic carbocycles. The van der Waals surface area contributed by atoms with Crippen molar-refractivity contribution < 1.29 is 22.7 Å². The fraction of sp³-hybridized carbons (Fsp3) is 0.0455. The molecule has 10 heteroatoms. The Morgan fingerprint density at radius 1 is 0.875 bits per heavy atom. The average molecular weight is 450 g/mol.